The maximum atomic E-state index is 5.75. The van der Waals surface area contributed by atoms with Crippen LogP contribution in [0.1, 0.15) is 11.3 Å². The molecule has 3 aromatic heterocycles. The highest BCUT2D eigenvalue weighted by Crippen LogP contribution is 2.20. The summed E-state index contributed by atoms with van der Waals surface area (Å²) in [5.41, 5.74) is 9.51. The van der Waals surface area contributed by atoms with Crippen molar-refractivity contribution in [2.24, 2.45) is 0 Å². The molecule has 7 nitrogen and oxygen atoms in total. The Balaban J connectivity index is 1.67. The summed E-state index contributed by atoms with van der Waals surface area (Å²) in [6, 6.07) is 7.69. The number of hydrogen-bond donors (Lipinski definition) is 2. The van der Waals surface area contributed by atoms with Crippen molar-refractivity contribution in [3.05, 3.63) is 54.2 Å². The number of aromatic nitrogens is 4. The molecule has 3 heterocycles. The summed E-state index contributed by atoms with van der Waals surface area (Å²) in [6.07, 6.45) is 5.73. The van der Waals surface area contributed by atoms with E-state index in [-0.39, 0.29) is 0 Å². The largest absolute Gasteiger partial charge is 0.495 e. The van der Waals surface area contributed by atoms with Crippen LogP contribution >= 0.6 is 0 Å². The van der Waals surface area contributed by atoms with Crippen molar-refractivity contribution in [1.82, 2.24) is 19.9 Å². The fraction of sp³-hybridized carbons (Fsp3) is 0.222. The van der Waals surface area contributed by atoms with Crippen LogP contribution in [0.15, 0.2) is 43.0 Å². The van der Waals surface area contributed by atoms with Crippen molar-refractivity contribution >= 4 is 11.6 Å². The summed E-state index contributed by atoms with van der Waals surface area (Å²) in [7, 11) is 1.62. The first-order chi connectivity index (χ1) is 12.2. The van der Waals surface area contributed by atoms with E-state index >= 15 is 0 Å². The second-order valence-electron chi connectivity index (χ2n) is 5.57. The van der Waals surface area contributed by atoms with E-state index in [0.29, 0.717) is 12.4 Å². The van der Waals surface area contributed by atoms with Gasteiger partial charge in [-0.2, -0.15) is 0 Å². The minimum Gasteiger partial charge on any atom is -0.495 e. The Labute approximate surface area is 146 Å². The lowest BCUT2D eigenvalue weighted by Gasteiger charge is -2.10. The molecule has 0 aliphatic carbocycles. The molecule has 0 aliphatic heterocycles. The number of nitrogens with one attached hydrogen (secondary N) is 1. The molecule has 0 atom stereocenters. The van der Waals surface area contributed by atoms with Gasteiger partial charge in [-0.05, 0) is 31.5 Å². The molecule has 0 aromatic carbocycles. The van der Waals surface area contributed by atoms with E-state index in [1.165, 1.54) is 0 Å². The fourth-order valence-electron chi connectivity index (χ4n) is 2.44. The van der Waals surface area contributed by atoms with Crippen LogP contribution in [-0.2, 0) is 6.42 Å². The number of pyridine rings is 2. The zero-order valence-electron chi connectivity index (χ0n) is 14.2. The monoisotopic (exact) mass is 336 g/mol. The molecule has 0 spiro atoms. The van der Waals surface area contributed by atoms with Gasteiger partial charge in [-0.15, -0.1) is 0 Å². The Kier molecular flexibility index (Phi) is 5.03. The van der Waals surface area contributed by atoms with Gasteiger partial charge in [0.25, 0.3) is 0 Å². The topological polar surface area (TPSA) is 98.8 Å². The normalized spacial score (nSPS) is 10.5. The molecular formula is C18H20N6O. The van der Waals surface area contributed by atoms with E-state index in [4.69, 9.17) is 10.5 Å². The lowest BCUT2D eigenvalue weighted by molar-refractivity contribution is 0.408. The highest BCUT2D eigenvalue weighted by atomic mass is 16.5. The van der Waals surface area contributed by atoms with Gasteiger partial charge in [0.15, 0.2) is 0 Å². The first kappa shape index (κ1) is 16.6. The number of ether oxygens (including phenoxy) is 1. The lowest BCUT2D eigenvalue weighted by Crippen LogP contribution is -2.08. The third-order valence-corrected chi connectivity index (χ3v) is 3.76. The van der Waals surface area contributed by atoms with Crippen LogP contribution in [0.25, 0.3) is 11.3 Å². The zero-order valence-corrected chi connectivity index (χ0v) is 14.2. The van der Waals surface area contributed by atoms with Gasteiger partial charge in [0.05, 0.1) is 19.0 Å². The number of rotatable bonds is 6. The van der Waals surface area contributed by atoms with Crippen LogP contribution in [-0.4, -0.2) is 33.6 Å². The number of nitrogen functional groups attached to an aromatic ring is 1. The SMILES string of the molecule is COc1cnc(N)cc1CCNc1cc(-c2ccc(C)nc2)ncn1. The molecule has 7 heteroatoms. The van der Waals surface area contributed by atoms with Crippen LogP contribution < -0.4 is 15.8 Å². The van der Waals surface area contributed by atoms with Crippen LogP contribution in [0.4, 0.5) is 11.6 Å². The molecule has 0 aliphatic rings. The van der Waals surface area contributed by atoms with Crippen molar-refractivity contribution in [2.75, 3.05) is 24.7 Å². The number of methoxy groups -OCH3 is 1. The van der Waals surface area contributed by atoms with Crippen molar-refractivity contribution in [3.8, 4) is 17.0 Å². The standard InChI is InChI=1S/C18H20N6O/c1-12-3-4-14(9-21-12)15-8-18(24-11-23-15)20-6-5-13-7-17(19)22-10-16(13)25-2/h3-4,7-11H,5-6H2,1-2H3,(H2,19,22)(H,20,23,24). The predicted molar refractivity (Wildman–Crippen MR) is 97.4 cm³/mol. The van der Waals surface area contributed by atoms with Gasteiger partial charge in [-0.3, -0.25) is 4.98 Å². The highest BCUT2D eigenvalue weighted by molar-refractivity contribution is 5.61. The van der Waals surface area contributed by atoms with Crippen LogP contribution in [0, 0.1) is 6.92 Å². The molecular weight excluding hydrogens is 316 g/mol. The molecule has 0 radical (unpaired) electrons. The second-order valence-corrected chi connectivity index (χ2v) is 5.57. The average molecular weight is 336 g/mol. The quantitative estimate of drug-likeness (QED) is 0.713. The molecule has 0 saturated heterocycles. The Morgan fingerprint density at radius 2 is 1.96 bits per heavy atom. The van der Waals surface area contributed by atoms with E-state index < -0.39 is 0 Å². The third-order valence-electron chi connectivity index (χ3n) is 3.76. The molecule has 0 amide bonds. The van der Waals surface area contributed by atoms with Crippen LogP contribution in [0.3, 0.4) is 0 Å². The number of anilines is 2. The van der Waals surface area contributed by atoms with Gasteiger partial charge in [0.1, 0.15) is 23.7 Å². The lowest BCUT2D eigenvalue weighted by atomic mass is 10.1. The number of nitrogens with zero attached hydrogens (tertiary/aromatic N) is 4. The number of aryl methyl sites for hydroxylation is 1. The van der Waals surface area contributed by atoms with Crippen LogP contribution in [0.5, 0.6) is 5.75 Å². The molecule has 3 aromatic rings. The van der Waals surface area contributed by atoms with Gasteiger partial charge >= 0.3 is 0 Å². The molecule has 0 saturated carbocycles. The zero-order chi connectivity index (χ0) is 17.6. The highest BCUT2D eigenvalue weighted by Gasteiger charge is 2.06. The van der Waals surface area contributed by atoms with E-state index in [2.05, 4.69) is 25.3 Å². The Bertz CT molecular complexity index is 850. The molecule has 128 valence electrons. The number of hydrogen-bond acceptors (Lipinski definition) is 7. The van der Waals surface area contributed by atoms with E-state index in [1.807, 2.05) is 37.4 Å². The van der Waals surface area contributed by atoms with Gasteiger partial charge < -0.3 is 15.8 Å². The smallest absolute Gasteiger partial charge is 0.140 e. The summed E-state index contributed by atoms with van der Waals surface area (Å²) in [5.74, 6) is 1.96. The van der Waals surface area contributed by atoms with Gasteiger partial charge in [0, 0.05) is 35.6 Å². The molecule has 0 unspecified atom stereocenters. The summed E-state index contributed by atoms with van der Waals surface area (Å²) >= 11 is 0. The van der Waals surface area contributed by atoms with Gasteiger partial charge in [-0.1, -0.05) is 0 Å². The van der Waals surface area contributed by atoms with Crippen molar-refractivity contribution in [3.63, 3.8) is 0 Å². The summed E-state index contributed by atoms with van der Waals surface area (Å²) in [6.45, 7) is 2.64. The second kappa shape index (κ2) is 7.57. The molecule has 25 heavy (non-hydrogen) atoms. The van der Waals surface area contributed by atoms with Gasteiger partial charge in [-0.25, -0.2) is 15.0 Å². The van der Waals surface area contributed by atoms with E-state index in [1.54, 1.807) is 19.6 Å². The Hall–Kier alpha value is -3.22. The van der Waals surface area contributed by atoms with Crippen LogP contribution in [0.2, 0.25) is 0 Å². The Morgan fingerprint density at radius 1 is 1.08 bits per heavy atom. The summed E-state index contributed by atoms with van der Waals surface area (Å²) < 4.78 is 5.31. The van der Waals surface area contributed by atoms with E-state index in [0.717, 1.165) is 40.5 Å². The minimum atomic E-state index is 0.479. The third kappa shape index (κ3) is 4.20. The Morgan fingerprint density at radius 3 is 2.72 bits per heavy atom. The fourth-order valence-corrected chi connectivity index (χ4v) is 2.44. The van der Waals surface area contributed by atoms with Crippen molar-refractivity contribution < 1.29 is 4.74 Å². The summed E-state index contributed by atoms with van der Waals surface area (Å²) in [5, 5.41) is 3.30. The predicted octanol–water partition coefficient (Wildman–Crippen LogP) is 2.49. The molecule has 3 rings (SSSR count). The molecule has 0 bridgehead atoms. The summed E-state index contributed by atoms with van der Waals surface area (Å²) in [4.78, 5) is 16.9. The number of nitrogens with two attached hydrogens (primary N) is 1. The average Bonchev–Trinajstić information content (AvgIpc) is 2.63. The maximum absolute atomic E-state index is 5.75. The van der Waals surface area contributed by atoms with Crippen molar-refractivity contribution in [2.45, 2.75) is 13.3 Å². The van der Waals surface area contributed by atoms with Gasteiger partial charge in [0.2, 0.25) is 0 Å². The molecule has 0 fully saturated rings. The molecule has 3 N–H and O–H groups in total. The first-order valence-corrected chi connectivity index (χ1v) is 7.93. The first-order valence-electron chi connectivity index (χ1n) is 7.93. The van der Waals surface area contributed by atoms with E-state index in [9.17, 15) is 0 Å². The minimum absolute atomic E-state index is 0.479. The van der Waals surface area contributed by atoms with Crippen molar-refractivity contribution in [1.29, 1.82) is 0 Å². The maximum Gasteiger partial charge on any atom is 0.140 e.